The molecule has 11 heteroatoms. The quantitative estimate of drug-likeness (QED) is 0.221. The SMILES string of the molecule is C.C.C.N[C@@H]1CCCC[C@H]1C(=O)O.O=C(O)[C@@H]1CCCC[C@H]1N1C(=O)c2ccccc2C1=O.O=C1OC(=O)c2ccccc21.[2HH]. The lowest BCUT2D eigenvalue weighted by molar-refractivity contribution is -0.145. The number of aliphatic carboxylic acids is 2. The first kappa shape index (κ1) is 37.6. The number of benzene rings is 2. The number of esters is 2. The number of carboxylic acid groups (broad SMARTS) is 2. The minimum absolute atomic E-state index is 0. The van der Waals surface area contributed by atoms with Crippen LogP contribution in [0.4, 0.5) is 0 Å². The first-order valence-electron chi connectivity index (χ1n) is 13.7. The second-order valence-electron chi connectivity index (χ2n) is 10.4. The van der Waals surface area contributed by atoms with Gasteiger partial charge in [0.2, 0.25) is 0 Å². The van der Waals surface area contributed by atoms with Crippen molar-refractivity contribution in [2.45, 2.75) is 85.7 Å². The molecular formula is C33H46N2O9. The lowest BCUT2D eigenvalue weighted by Gasteiger charge is -2.34. The zero-order valence-corrected chi connectivity index (χ0v) is 22.4. The van der Waals surface area contributed by atoms with Crippen molar-refractivity contribution in [3.05, 3.63) is 70.8 Å². The van der Waals surface area contributed by atoms with Crippen LogP contribution in [0.1, 0.15) is 117 Å². The van der Waals surface area contributed by atoms with Gasteiger partial charge in [-0.2, -0.15) is 0 Å². The average molecular weight is 616 g/mol. The van der Waals surface area contributed by atoms with Gasteiger partial charge in [-0.3, -0.25) is 24.1 Å². The molecule has 2 aromatic carbocycles. The summed E-state index contributed by atoms with van der Waals surface area (Å²) in [5.41, 5.74) is 7.08. The largest absolute Gasteiger partial charge is 0.481 e. The van der Waals surface area contributed by atoms with Gasteiger partial charge in [0, 0.05) is 7.47 Å². The molecule has 0 saturated heterocycles. The van der Waals surface area contributed by atoms with Crippen molar-refractivity contribution in [2.24, 2.45) is 17.6 Å². The van der Waals surface area contributed by atoms with Gasteiger partial charge in [-0.15, -0.1) is 0 Å². The fourth-order valence-electron chi connectivity index (χ4n) is 5.72. The van der Waals surface area contributed by atoms with Crippen LogP contribution >= 0.6 is 0 Å². The molecule has 11 nitrogen and oxygen atoms in total. The Morgan fingerprint density at radius 2 is 1.05 bits per heavy atom. The van der Waals surface area contributed by atoms with Crippen LogP contribution in [0.2, 0.25) is 0 Å². The summed E-state index contributed by atoms with van der Waals surface area (Å²) in [5.74, 6) is -4.40. The van der Waals surface area contributed by atoms with Crippen molar-refractivity contribution in [1.82, 2.24) is 4.90 Å². The first-order chi connectivity index (χ1) is 19.6. The van der Waals surface area contributed by atoms with Crippen molar-refractivity contribution in [3.8, 4) is 0 Å². The minimum atomic E-state index is -0.925. The third kappa shape index (κ3) is 7.96. The van der Waals surface area contributed by atoms with Crippen LogP contribution in [-0.2, 0) is 14.3 Å². The van der Waals surface area contributed by atoms with Crippen LogP contribution < -0.4 is 5.73 Å². The molecule has 6 rings (SSSR count). The lowest BCUT2D eigenvalue weighted by atomic mass is 9.83. The molecule has 2 aliphatic carbocycles. The summed E-state index contributed by atoms with van der Waals surface area (Å²) >= 11 is 0. The van der Waals surface area contributed by atoms with Gasteiger partial charge in [-0.05, 0) is 49.9 Å². The van der Waals surface area contributed by atoms with E-state index in [1.165, 1.54) is 4.90 Å². The number of carbonyl (C=O) groups excluding carboxylic acids is 4. The Hall–Kier alpha value is -4.38. The van der Waals surface area contributed by atoms with Crippen LogP contribution in [0.15, 0.2) is 48.5 Å². The highest BCUT2D eigenvalue weighted by Gasteiger charge is 2.45. The molecule has 2 saturated carbocycles. The molecule has 44 heavy (non-hydrogen) atoms. The van der Waals surface area contributed by atoms with E-state index in [2.05, 4.69) is 4.74 Å². The van der Waals surface area contributed by atoms with Gasteiger partial charge < -0.3 is 20.7 Å². The molecule has 2 fully saturated rings. The highest BCUT2D eigenvalue weighted by atomic mass is 16.6. The molecule has 2 aromatic rings. The molecule has 0 spiro atoms. The van der Waals surface area contributed by atoms with Crippen molar-refractivity contribution in [3.63, 3.8) is 0 Å². The van der Waals surface area contributed by atoms with E-state index in [0.717, 1.165) is 38.5 Å². The van der Waals surface area contributed by atoms with Crippen LogP contribution in [0.25, 0.3) is 0 Å². The Kier molecular flexibility index (Phi) is 14.1. The van der Waals surface area contributed by atoms with Gasteiger partial charge in [0.1, 0.15) is 0 Å². The number of cyclic esters (lactones) is 2. The summed E-state index contributed by atoms with van der Waals surface area (Å²) in [6.07, 6.45) is 6.51. The van der Waals surface area contributed by atoms with E-state index in [-0.39, 0.29) is 47.5 Å². The average Bonchev–Trinajstić information content (AvgIpc) is 3.40. The fourth-order valence-corrected chi connectivity index (χ4v) is 5.72. The van der Waals surface area contributed by atoms with Gasteiger partial charge >= 0.3 is 23.9 Å². The maximum atomic E-state index is 12.4. The van der Waals surface area contributed by atoms with Crippen LogP contribution in [-0.4, -0.2) is 62.9 Å². The number of carbonyl (C=O) groups is 6. The normalized spacial score (nSPS) is 23.0. The second-order valence-corrected chi connectivity index (χ2v) is 10.4. The lowest BCUT2D eigenvalue weighted by Crippen LogP contribution is -2.48. The Labute approximate surface area is 259 Å². The molecule has 242 valence electrons. The standard InChI is InChI=1S/C15H15NO4.C8H4O3.C7H13NO2.3CH4.H2/c17-13-9-5-1-2-6-10(9)14(18)16(13)12-8-4-3-7-11(12)15(19)20;9-7-5-3-1-2-4-6(5)8(10)11-7;8-6-4-2-1-3-5(6)7(9)10;;;;/h1-2,5-6,11-12H,3-4,7-8H2,(H,19,20);1-4H;5-6H,1-4,8H2,(H,9,10);3*1H4;1H/t11-,12-;;5-,6-;;;;/m1.1..../s1/i;;;;;;1+1. The number of hydrogen-bond donors (Lipinski definition) is 3. The molecule has 2 aliphatic heterocycles. The fraction of sp³-hybridized carbons (Fsp3) is 0.455. The predicted octanol–water partition coefficient (Wildman–Crippen LogP) is 5.67. The highest BCUT2D eigenvalue weighted by Crippen LogP contribution is 2.34. The zero-order valence-electron chi connectivity index (χ0n) is 22.4. The van der Waals surface area contributed by atoms with Crippen molar-refractivity contribution >= 4 is 35.7 Å². The van der Waals surface area contributed by atoms with Gasteiger partial charge in [-0.1, -0.05) is 72.2 Å². The van der Waals surface area contributed by atoms with Crippen LogP contribution in [0.5, 0.6) is 0 Å². The third-order valence-corrected chi connectivity index (χ3v) is 7.89. The Bertz CT molecular complexity index is 1310. The maximum absolute atomic E-state index is 12.4. The van der Waals surface area contributed by atoms with Crippen molar-refractivity contribution < 1.29 is 45.1 Å². The Balaban J connectivity index is 0.000000668. The molecule has 2 heterocycles. The first-order valence-corrected chi connectivity index (χ1v) is 13.7. The number of nitrogens with zero attached hydrogens (tertiary/aromatic N) is 1. The van der Waals surface area contributed by atoms with E-state index in [1.807, 2.05) is 0 Å². The van der Waals surface area contributed by atoms with E-state index >= 15 is 0 Å². The number of hydrogen-bond acceptors (Lipinski definition) is 8. The Morgan fingerprint density at radius 3 is 1.45 bits per heavy atom. The van der Waals surface area contributed by atoms with E-state index in [1.54, 1.807) is 48.5 Å². The van der Waals surface area contributed by atoms with Gasteiger partial charge in [0.15, 0.2) is 0 Å². The number of fused-ring (bicyclic) bond motifs is 2. The number of imide groups is 1. The second kappa shape index (κ2) is 16.5. The topological polar surface area (TPSA) is 181 Å². The number of ether oxygens (including phenoxy) is 1. The Morgan fingerprint density at radius 1 is 0.659 bits per heavy atom. The third-order valence-electron chi connectivity index (χ3n) is 7.89. The highest BCUT2D eigenvalue weighted by molar-refractivity contribution is 6.21. The van der Waals surface area contributed by atoms with Gasteiger partial charge in [0.05, 0.1) is 40.1 Å². The summed E-state index contributed by atoms with van der Waals surface area (Å²) < 4.78 is 4.35. The van der Waals surface area contributed by atoms with E-state index in [9.17, 15) is 33.9 Å². The number of nitrogens with two attached hydrogens (primary N) is 1. The van der Waals surface area contributed by atoms with E-state index < -0.39 is 35.8 Å². The number of rotatable bonds is 3. The molecule has 4 atom stereocenters. The number of carboxylic acids is 2. The number of amides is 2. The summed E-state index contributed by atoms with van der Waals surface area (Å²) in [6.45, 7) is 0. The molecular weight excluding hydrogens is 568 g/mol. The summed E-state index contributed by atoms with van der Waals surface area (Å²) in [4.78, 5) is 69.5. The van der Waals surface area contributed by atoms with Crippen LogP contribution in [0.3, 0.4) is 0 Å². The molecule has 0 unspecified atom stereocenters. The molecule has 0 radical (unpaired) electrons. The zero-order chi connectivity index (χ0) is 29.7. The van der Waals surface area contributed by atoms with E-state index in [0.29, 0.717) is 35.1 Å². The van der Waals surface area contributed by atoms with Gasteiger partial charge in [-0.25, -0.2) is 9.59 Å². The monoisotopic (exact) mass is 615 g/mol. The predicted molar refractivity (Wildman–Crippen MR) is 166 cm³/mol. The summed E-state index contributed by atoms with van der Waals surface area (Å²) in [5, 5.41) is 17.9. The van der Waals surface area contributed by atoms with Crippen LogP contribution in [0, 0.1) is 11.8 Å². The molecule has 4 aliphatic rings. The molecule has 4 N–H and O–H groups in total. The van der Waals surface area contributed by atoms with Crippen molar-refractivity contribution in [2.75, 3.05) is 0 Å². The van der Waals surface area contributed by atoms with Gasteiger partial charge in [0.25, 0.3) is 11.8 Å². The van der Waals surface area contributed by atoms with E-state index in [4.69, 9.17) is 10.8 Å². The smallest absolute Gasteiger partial charge is 0.346 e. The summed E-state index contributed by atoms with van der Waals surface area (Å²) in [6, 6.07) is 12.6. The maximum Gasteiger partial charge on any atom is 0.346 e. The summed E-state index contributed by atoms with van der Waals surface area (Å²) in [7, 11) is 0. The molecule has 0 aromatic heterocycles. The molecule has 2 amide bonds. The minimum Gasteiger partial charge on any atom is -0.481 e. The van der Waals surface area contributed by atoms with Crippen molar-refractivity contribution in [1.29, 1.82) is 0 Å². The molecule has 0 bridgehead atoms.